The van der Waals surface area contributed by atoms with Crippen molar-refractivity contribution in [3.63, 3.8) is 0 Å². The Kier molecular flexibility index (Phi) is 4.37. The highest BCUT2D eigenvalue weighted by atomic mass is 79.9. The van der Waals surface area contributed by atoms with E-state index in [1.54, 1.807) is 12.1 Å². The Morgan fingerprint density at radius 1 is 1.56 bits per heavy atom. The molecule has 2 rings (SSSR count). The van der Waals surface area contributed by atoms with Gasteiger partial charge in [-0.1, -0.05) is 15.9 Å². The van der Waals surface area contributed by atoms with Gasteiger partial charge in [0.05, 0.1) is 12.7 Å². The van der Waals surface area contributed by atoms with Gasteiger partial charge in [0.15, 0.2) is 0 Å². The van der Waals surface area contributed by atoms with Crippen LogP contribution in [0.5, 0.6) is 0 Å². The van der Waals surface area contributed by atoms with Crippen molar-refractivity contribution in [3.8, 4) is 0 Å². The van der Waals surface area contributed by atoms with Crippen molar-refractivity contribution in [2.75, 3.05) is 19.8 Å². The Bertz CT molecular complexity index is 421. The highest BCUT2D eigenvalue weighted by molar-refractivity contribution is 9.10. The molecule has 2 atom stereocenters. The summed E-state index contributed by atoms with van der Waals surface area (Å²) >= 11 is 3.29. The molecule has 5 heteroatoms. The molecular formula is C13H17BrFNO2. The monoisotopic (exact) mass is 317 g/mol. The number of hydrogen-bond acceptors (Lipinski definition) is 3. The lowest BCUT2D eigenvalue weighted by Crippen LogP contribution is -2.44. The molecule has 1 heterocycles. The first-order valence-corrected chi connectivity index (χ1v) is 6.79. The van der Waals surface area contributed by atoms with Crippen LogP contribution in [0.4, 0.5) is 4.39 Å². The molecule has 0 spiro atoms. The number of aliphatic hydroxyl groups excluding tert-OH is 1. The SMILES string of the molecule is NCC1(C(O)c2cc(Br)ccc2F)CCCOC1. The number of nitrogens with two attached hydrogens (primary N) is 1. The van der Waals surface area contributed by atoms with Crippen LogP contribution in [0.2, 0.25) is 0 Å². The van der Waals surface area contributed by atoms with Crippen LogP contribution in [0, 0.1) is 11.2 Å². The maximum atomic E-state index is 13.8. The summed E-state index contributed by atoms with van der Waals surface area (Å²) < 4.78 is 20.0. The summed E-state index contributed by atoms with van der Waals surface area (Å²) in [6.07, 6.45) is 0.640. The minimum Gasteiger partial charge on any atom is -0.388 e. The Labute approximate surface area is 114 Å². The van der Waals surface area contributed by atoms with Crippen LogP contribution in [-0.2, 0) is 4.74 Å². The Balaban J connectivity index is 2.33. The molecule has 0 amide bonds. The molecule has 2 unspecified atom stereocenters. The highest BCUT2D eigenvalue weighted by Gasteiger charge is 2.40. The van der Waals surface area contributed by atoms with Gasteiger partial charge >= 0.3 is 0 Å². The molecule has 0 aliphatic carbocycles. The van der Waals surface area contributed by atoms with E-state index in [4.69, 9.17) is 10.5 Å². The second-order valence-corrected chi connectivity index (χ2v) is 5.71. The van der Waals surface area contributed by atoms with Crippen LogP contribution in [0.15, 0.2) is 22.7 Å². The van der Waals surface area contributed by atoms with E-state index in [2.05, 4.69) is 15.9 Å². The molecule has 0 radical (unpaired) electrons. The molecule has 1 aliphatic rings. The first kappa shape index (κ1) is 13.9. The van der Waals surface area contributed by atoms with Crippen LogP contribution < -0.4 is 5.73 Å². The zero-order valence-corrected chi connectivity index (χ0v) is 11.6. The molecule has 3 N–H and O–H groups in total. The normalized spacial score (nSPS) is 26.0. The summed E-state index contributed by atoms with van der Waals surface area (Å²) in [5, 5.41) is 10.5. The zero-order valence-electron chi connectivity index (χ0n) is 10.0. The van der Waals surface area contributed by atoms with Crippen molar-refractivity contribution in [2.24, 2.45) is 11.1 Å². The minimum atomic E-state index is -0.944. The van der Waals surface area contributed by atoms with E-state index in [1.807, 2.05) is 0 Å². The Hall–Kier alpha value is -0.490. The Morgan fingerprint density at radius 3 is 2.94 bits per heavy atom. The molecule has 3 nitrogen and oxygen atoms in total. The van der Waals surface area contributed by atoms with Crippen molar-refractivity contribution < 1.29 is 14.2 Å². The van der Waals surface area contributed by atoms with Crippen molar-refractivity contribution in [3.05, 3.63) is 34.1 Å². The third-order valence-corrected chi connectivity index (χ3v) is 4.09. The summed E-state index contributed by atoms with van der Waals surface area (Å²) in [5.41, 5.74) is 5.49. The van der Waals surface area contributed by atoms with Gasteiger partial charge in [-0.05, 0) is 31.0 Å². The molecule has 1 aromatic carbocycles. The standard InChI is InChI=1S/C13H17BrFNO2/c14-9-2-3-11(15)10(6-9)12(17)13(7-16)4-1-5-18-8-13/h2-3,6,12,17H,1,4-5,7-8,16H2. The number of benzene rings is 1. The predicted molar refractivity (Wildman–Crippen MR) is 70.6 cm³/mol. The Morgan fingerprint density at radius 2 is 2.33 bits per heavy atom. The number of halogens is 2. The lowest BCUT2D eigenvalue weighted by Gasteiger charge is -2.40. The lowest BCUT2D eigenvalue weighted by atomic mass is 9.75. The van der Waals surface area contributed by atoms with E-state index in [9.17, 15) is 9.50 Å². The highest BCUT2D eigenvalue weighted by Crippen LogP contribution is 2.41. The van der Waals surface area contributed by atoms with Gasteiger partial charge in [-0.15, -0.1) is 0 Å². The van der Waals surface area contributed by atoms with Crippen LogP contribution in [0.25, 0.3) is 0 Å². The van der Waals surface area contributed by atoms with Crippen LogP contribution >= 0.6 is 15.9 Å². The second-order valence-electron chi connectivity index (χ2n) is 4.79. The molecule has 1 saturated heterocycles. The molecule has 100 valence electrons. The molecule has 1 aromatic rings. The molecule has 1 fully saturated rings. The van der Waals surface area contributed by atoms with Gasteiger partial charge in [0.1, 0.15) is 5.82 Å². The number of rotatable bonds is 3. The van der Waals surface area contributed by atoms with Gasteiger partial charge in [-0.3, -0.25) is 0 Å². The van der Waals surface area contributed by atoms with Gasteiger partial charge in [-0.2, -0.15) is 0 Å². The van der Waals surface area contributed by atoms with E-state index in [0.29, 0.717) is 13.2 Å². The van der Waals surface area contributed by atoms with E-state index in [-0.39, 0.29) is 12.1 Å². The number of hydrogen-bond donors (Lipinski definition) is 2. The predicted octanol–water partition coefficient (Wildman–Crippen LogP) is 2.38. The van der Waals surface area contributed by atoms with Crippen molar-refractivity contribution in [1.29, 1.82) is 0 Å². The third kappa shape index (κ3) is 2.59. The molecular weight excluding hydrogens is 301 g/mol. The molecule has 0 aromatic heterocycles. The zero-order chi connectivity index (χ0) is 13.2. The van der Waals surface area contributed by atoms with Crippen molar-refractivity contribution >= 4 is 15.9 Å². The minimum absolute atomic E-state index is 0.278. The van der Waals surface area contributed by atoms with Gasteiger partial charge in [0, 0.05) is 28.6 Å². The lowest BCUT2D eigenvalue weighted by molar-refractivity contribution is -0.0792. The molecule has 0 saturated carbocycles. The number of aliphatic hydroxyl groups is 1. The maximum Gasteiger partial charge on any atom is 0.129 e. The van der Waals surface area contributed by atoms with Crippen molar-refractivity contribution in [2.45, 2.75) is 18.9 Å². The topological polar surface area (TPSA) is 55.5 Å². The van der Waals surface area contributed by atoms with Gasteiger partial charge in [-0.25, -0.2) is 4.39 Å². The summed E-state index contributed by atoms with van der Waals surface area (Å²) in [5.74, 6) is -0.413. The first-order valence-electron chi connectivity index (χ1n) is 6.00. The van der Waals surface area contributed by atoms with Gasteiger partial charge < -0.3 is 15.6 Å². The fraction of sp³-hybridized carbons (Fsp3) is 0.538. The van der Waals surface area contributed by atoms with Crippen LogP contribution in [-0.4, -0.2) is 24.9 Å². The van der Waals surface area contributed by atoms with Crippen LogP contribution in [0.3, 0.4) is 0 Å². The van der Waals surface area contributed by atoms with E-state index in [1.165, 1.54) is 6.07 Å². The van der Waals surface area contributed by atoms with E-state index >= 15 is 0 Å². The van der Waals surface area contributed by atoms with E-state index < -0.39 is 17.3 Å². The molecule has 1 aliphatic heterocycles. The van der Waals surface area contributed by atoms with Gasteiger partial charge in [0.25, 0.3) is 0 Å². The largest absolute Gasteiger partial charge is 0.388 e. The summed E-state index contributed by atoms with van der Waals surface area (Å²) in [6, 6.07) is 4.56. The van der Waals surface area contributed by atoms with Crippen LogP contribution in [0.1, 0.15) is 24.5 Å². The third-order valence-electron chi connectivity index (χ3n) is 3.59. The first-order chi connectivity index (χ1) is 8.59. The van der Waals surface area contributed by atoms with E-state index in [0.717, 1.165) is 17.3 Å². The fourth-order valence-electron chi connectivity index (χ4n) is 2.42. The second kappa shape index (κ2) is 5.65. The average Bonchev–Trinajstić information content (AvgIpc) is 2.41. The summed E-state index contributed by atoms with van der Waals surface area (Å²) in [6.45, 7) is 1.33. The average molecular weight is 318 g/mol. The maximum absolute atomic E-state index is 13.8. The summed E-state index contributed by atoms with van der Waals surface area (Å²) in [7, 11) is 0. The van der Waals surface area contributed by atoms with Crippen molar-refractivity contribution in [1.82, 2.24) is 0 Å². The number of ether oxygens (including phenoxy) is 1. The summed E-state index contributed by atoms with van der Waals surface area (Å²) in [4.78, 5) is 0. The van der Waals surface area contributed by atoms with Gasteiger partial charge in [0.2, 0.25) is 0 Å². The fourth-order valence-corrected chi connectivity index (χ4v) is 2.79. The smallest absolute Gasteiger partial charge is 0.129 e. The quantitative estimate of drug-likeness (QED) is 0.900. The molecule has 0 bridgehead atoms. The molecule has 18 heavy (non-hydrogen) atoms.